The van der Waals surface area contributed by atoms with E-state index in [0.29, 0.717) is 5.92 Å². The van der Waals surface area contributed by atoms with Gasteiger partial charge in [-0.05, 0) is 37.8 Å². The highest BCUT2D eigenvalue weighted by Crippen LogP contribution is 2.18. The Hall–Kier alpha value is -1.35. The molecule has 1 rings (SSSR count). The van der Waals surface area contributed by atoms with Gasteiger partial charge >= 0.3 is 0 Å². The predicted molar refractivity (Wildman–Crippen MR) is 78.2 cm³/mol. The van der Waals surface area contributed by atoms with Crippen LogP contribution in [0.3, 0.4) is 0 Å². The first-order valence-corrected chi connectivity index (χ1v) is 6.91. The number of nitrogens with one attached hydrogen (secondary N) is 1. The van der Waals surface area contributed by atoms with Crippen molar-refractivity contribution in [2.45, 2.75) is 52.7 Å². The summed E-state index contributed by atoms with van der Waals surface area (Å²) in [5.41, 5.74) is 2.42. The summed E-state index contributed by atoms with van der Waals surface area (Å²) in [6.07, 6.45) is 0.0754. The number of benzene rings is 1. The molecule has 0 saturated carbocycles. The molecule has 0 saturated heterocycles. The average Bonchev–Trinajstić information content (AvgIpc) is 2.36. The molecule has 1 aromatic rings. The van der Waals surface area contributed by atoms with Gasteiger partial charge in [0.05, 0.1) is 12.1 Å². The summed E-state index contributed by atoms with van der Waals surface area (Å²) in [5.74, 6) is 0.451. The van der Waals surface area contributed by atoms with E-state index in [1.807, 2.05) is 20.8 Å². The summed E-state index contributed by atoms with van der Waals surface area (Å²) in [7, 11) is 0. The zero-order chi connectivity index (χ0) is 14.4. The zero-order valence-corrected chi connectivity index (χ0v) is 12.6. The Morgan fingerprint density at radius 3 is 2.05 bits per heavy atom. The first-order chi connectivity index (χ1) is 8.90. The number of rotatable bonds is 6. The largest absolute Gasteiger partial charge is 0.369 e. The second kappa shape index (κ2) is 7.29. The molecule has 19 heavy (non-hydrogen) atoms. The van der Waals surface area contributed by atoms with Gasteiger partial charge < -0.3 is 10.1 Å². The second-order valence-corrected chi connectivity index (χ2v) is 5.47. The number of carbonyl (C=O) groups excluding carboxylic acids is 1. The maximum absolute atomic E-state index is 11.7. The lowest BCUT2D eigenvalue weighted by atomic mass is 9.99. The van der Waals surface area contributed by atoms with Crippen LogP contribution in [0.2, 0.25) is 0 Å². The standard InChI is InChI=1S/C16H25NO2/c1-11(2)14-6-8-15(9-7-14)13(5)17-16(18)10-19-12(3)4/h6-9,11-13H,10H2,1-5H3,(H,17,18). The predicted octanol–water partition coefficient (Wildman–Crippen LogP) is 3.41. The van der Waals surface area contributed by atoms with E-state index in [0.717, 1.165) is 5.56 Å². The highest BCUT2D eigenvalue weighted by atomic mass is 16.5. The SMILES string of the molecule is CC(C)OCC(=O)NC(C)c1ccc(C(C)C)cc1. The molecule has 0 aromatic heterocycles. The summed E-state index contributed by atoms with van der Waals surface area (Å²) < 4.78 is 5.28. The fraction of sp³-hybridized carbons (Fsp3) is 0.562. The van der Waals surface area contributed by atoms with Crippen LogP contribution in [0, 0.1) is 0 Å². The molecule has 0 radical (unpaired) electrons. The minimum atomic E-state index is -0.0749. The molecule has 0 aliphatic heterocycles. The zero-order valence-electron chi connectivity index (χ0n) is 12.6. The van der Waals surface area contributed by atoms with Crippen LogP contribution in [0.4, 0.5) is 0 Å². The lowest BCUT2D eigenvalue weighted by Crippen LogP contribution is -2.31. The fourth-order valence-electron chi connectivity index (χ4n) is 1.78. The summed E-state index contributed by atoms with van der Waals surface area (Å²) in [5, 5.41) is 2.94. The summed E-state index contributed by atoms with van der Waals surface area (Å²) in [6.45, 7) is 10.3. The van der Waals surface area contributed by atoms with Crippen molar-refractivity contribution in [1.82, 2.24) is 5.32 Å². The third-order valence-corrected chi connectivity index (χ3v) is 3.03. The number of hydrogen-bond donors (Lipinski definition) is 1. The smallest absolute Gasteiger partial charge is 0.246 e. The van der Waals surface area contributed by atoms with Crippen molar-refractivity contribution in [3.8, 4) is 0 Å². The first kappa shape index (κ1) is 15.7. The third-order valence-electron chi connectivity index (χ3n) is 3.03. The molecule has 1 atom stereocenters. The number of carbonyl (C=O) groups is 1. The highest BCUT2D eigenvalue weighted by Gasteiger charge is 2.10. The normalized spacial score (nSPS) is 12.8. The van der Waals surface area contributed by atoms with Gasteiger partial charge in [-0.3, -0.25) is 4.79 Å². The Bertz CT molecular complexity index is 396. The van der Waals surface area contributed by atoms with Crippen LogP contribution in [-0.4, -0.2) is 18.6 Å². The molecule has 0 heterocycles. The van der Waals surface area contributed by atoms with Crippen molar-refractivity contribution < 1.29 is 9.53 Å². The van der Waals surface area contributed by atoms with Crippen LogP contribution in [-0.2, 0) is 9.53 Å². The molecule has 0 bridgehead atoms. The molecule has 3 nitrogen and oxygen atoms in total. The van der Waals surface area contributed by atoms with Crippen LogP contribution in [0.5, 0.6) is 0 Å². The Morgan fingerprint density at radius 1 is 1.05 bits per heavy atom. The molecule has 0 aliphatic rings. The summed E-state index contributed by atoms with van der Waals surface area (Å²) >= 11 is 0. The van der Waals surface area contributed by atoms with Crippen molar-refractivity contribution in [1.29, 1.82) is 0 Å². The van der Waals surface area contributed by atoms with Gasteiger partial charge in [0.1, 0.15) is 6.61 Å². The van der Waals surface area contributed by atoms with Gasteiger partial charge in [0.15, 0.2) is 0 Å². The van der Waals surface area contributed by atoms with Crippen LogP contribution in [0.15, 0.2) is 24.3 Å². The molecular weight excluding hydrogens is 238 g/mol. The molecular formula is C16H25NO2. The average molecular weight is 263 g/mol. The van der Waals surface area contributed by atoms with Gasteiger partial charge in [0, 0.05) is 0 Å². The highest BCUT2D eigenvalue weighted by molar-refractivity contribution is 5.77. The van der Waals surface area contributed by atoms with Gasteiger partial charge in [-0.25, -0.2) is 0 Å². The minimum absolute atomic E-state index is 0.00414. The van der Waals surface area contributed by atoms with E-state index in [2.05, 4.69) is 43.4 Å². The van der Waals surface area contributed by atoms with Gasteiger partial charge in [0.2, 0.25) is 5.91 Å². The quantitative estimate of drug-likeness (QED) is 0.854. The van der Waals surface area contributed by atoms with E-state index in [1.54, 1.807) is 0 Å². The Kier molecular flexibility index (Phi) is 6.03. The summed E-state index contributed by atoms with van der Waals surface area (Å²) in [4.78, 5) is 11.7. The molecule has 0 fully saturated rings. The van der Waals surface area contributed by atoms with Crippen molar-refractivity contribution in [2.24, 2.45) is 0 Å². The van der Waals surface area contributed by atoms with Gasteiger partial charge in [-0.15, -0.1) is 0 Å². The van der Waals surface area contributed by atoms with Gasteiger partial charge in [-0.1, -0.05) is 38.1 Å². The van der Waals surface area contributed by atoms with Gasteiger partial charge in [-0.2, -0.15) is 0 Å². The van der Waals surface area contributed by atoms with E-state index in [-0.39, 0.29) is 24.7 Å². The Balaban J connectivity index is 2.53. The van der Waals surface area contributed by atoms with E-state index >= 15 is 0 Å². The van der Waals surface area contributed by atoms with Crippen molar-refractivity contribution in [3.63, 3.8) is 0 Å². The number of ether oxygens (including phenoxy) is 1. The van der Waals surface area contributed by atoms with E-state index in [4.69, 9.17) is 4.74 Å². The molecule has 1 unspecified atom stereocenters. The number of amides is 1. The van der Waals surface area contributed by atoms with Crippen LogP contribution in [0.1, 0.15) is 57.7 Å². The lowest BCUT2D eigenvalue weighted by Gasteiger charge is -2.16. The fourth-order valence-corrected chi connectivity index (χ4v) is 1.78. The Labute approximate surface area is 116 Å². The molecule has 1 aromatic carbocycles. The van der Waals surface area contributed by atoms with E-state index in [1.165, 1.54) is 5.56 Å². The number of hydrogen-bond acceptors (Lipinski definition) is 2. The Morgan fingerprint density at radius 2 is 1.58 bits per heavy atom. The lowest BCUT2D eigenvalue weighted by molar-refractivity contribution is -0.127. The van der Waals surface area contributed by atoms with Crippen molar-refractivity contribution in [2.75, 3.05) is 6.61 Å². The van der Waals surface area contributed by atoms with Gasteiger partial charge in [0.25, 0.3) is 0 Å². The van der Waals surface area contributed by atoms with E-state index < -0.39 is 0 Å². The minimum Gasteiger partial charge on any atom is -0.369 e. The first-order valence-electron chi connectivity index (χ1n) is 6.91. The molecule has 106 valence electrons. The molecule has 1 amide bonds. The molecule has 0 aliphatic carbocycles. The maximum atomic E-state index is 11.7. The van der Waals surface area contributed by atoms with E-state index in [9.17, 15) is 4.79 Å². The summed E-state index contributed by atoms with van der Waals surface area (Å²) in [6, 6.07) is 8.39. The third kappa shape index (κ3) is 5.43. The molecule has 1 N–H and O–H groups in total. The molecule has 3 heteroatoms. The monoisotopic (exact) mass is 263 g/mol. The van der Waals surface area contributed by atoms with Crippen molar-refractivity contribution >= 4 is 5.91 Å². The van der Waals surface area contributed by atoms with Crippen LogP contribution >= 0.6 is 0 Å². The molecule has 0 spiro atoms. The maximum Gasteiger partial charge on any atom is 0.246 e. The second-order valence-electron chi connectivity index (χ2n) is 5.47. The van der Waals surface area contributed by atoms with Crippen LogP contribution < -0.4 is 5.32 Å². The van der Waals surface area contributed by atoms with Crippen LogP contribution in [0.25, 0.3) is 0 Å². The topological polar surface area (TPSA) is 38.3 Å². The van der Waals surface area contributed by atoms with Crippen molar-refractivity contribution in [3.05, 3.63) is 35.4 Å².